The Kier molecular flexibility index (Phi) is 7.97. The highest BCUT2D eigenvalue weighted by molar-refractivity contribution is 6.40. The van der Waals surface area contributed by atoms with Crippen LogP contribution in [0.1, 0.15) is 16.8 Å². The number of benzene rings is 1. The molecule has 9 heteroatoms. The number of morpholine rings is 2. The van der Waals surface area contributed by atoms with E-state index in [9.17, 15) is 14.4 Å². The van der Waals surface area contributed by atoms with Gasteiger partial charge < -0.3 is 25.0 Å². The Hall–Kier alpha value is -2.49. The van der Waals surface area contributed by atoms with Gasteiger partial charge in [-0.1, -0.05) is 12.1 Å². The van der Waals surface area contributed by atoms with Gasteiger partial charge >= 0.3 is 11.8 Å². The molecule has 0 spiro atoms. The molecule has 0 bridgehead atoms. The van der Waals surface area contributed by atoms with Crippen LogP contribution in [0.3, 0.4) is 0 Å². The minimum Gasteiger partial charge on any atom is -0.379 e. The lowest BCUT2D eigenvalue weighted by Gasteiger charge is -2.27. The van der Waals surface area contributed by atoms with E-state index in [2.05, 4.69) is 15.5 Å². The fourth-order valence-corrected chi connectivity index (χ4v) is 3.30. The molecule has 2 aliphatic heterocycles. The number of hydrogen-bond donors (Lipinski definition) is 2. The molecule has 0 aromatic heterocycles. The normalized spacial score (nSPS) is 17.6. The first-order valence-electron chi connectivity index (χ1n) is 10.0. The van der Waals surface area contributed by atoms with E-state index < -0.39 is 11.8 Å². The second kappa shape index (κ2) is 10.9. The standard InChI is InChI=1S/C20H28N4O5/c25-18(21-6-3-7-23-8-12-28-13-9-23)19(26)22-17-5-2-1-4-16(17)20(27)24-10-14-29-15-11-24/h1-2,4-5H,3,6-15H2,(H,21,25)(H,22,26). The van der Waals surface area contributed by atoms with Crippen molar-refractivity contribution in [2.75, 3.05) is 71.0 Å². The number of carbonyl (C=O) groups is 3. The number of hydrogen-bond acceptors (Lipinski definition) is 6. The molecule has 0 saturated carbocycles. The van der Waals surface area contributed by atoms with Crippen molar-refractivity contribution in [1.29, 1.82) is 0 Å². The van der Waals surface area contributed by atoms with Crippen molar-refractivity contribution >= 4 is 23.4 Å². The number of rotatable bonds is 6. The molecular weight excluding hydrogens is 376 g/mol. The van der Waals surface area contributed by atoms with Gasteiger partial charge in [0.2, 0.25) is 0 Å². The summed E-state index contributed by atoms with van der Waals surface area (Å²) in [6, 6.07) is 6.71. The fourth-order valence-electron chi connectivity index (χ4n) is 3.30. The zero-order valence-corrected chi connectivity index (χ0v) is 16.5. The predicted molar refractivity (Wildman–Crippen MR) is 107 cm³/mol. The third-order valence-corrected chi connectivity index (χ3v) is 4.95. The van der Waals surface area contributed by atoms with Crippen LogP contribution < -0.4 is 10.6 Å². The van der Waals surface area contributed by atoms with E-state index in [-0.39, 0.29) is 5.91 Å². The summed E-state index contributed by atoms with van der Waals surface area (Å²) in [6.45, 7) is 6.51. The molecule has 29 heavy (non-hydrogen) atoms. The Morgan fingerprint density at radius 1 is 0.897 bits per heavy atom. The second-order valence-corrected chi connectivity index (χ2v) is 6.97. The topological polar surface area (TPSA) is 100 Å². The molecule has 2 saturated heterocycles. The van der Waals surface area contributed by atoms with Crippen molar-refractivity contribution in [2.45, 2.75) is 6.42 Å². The van der Waals surface area contributed by atoms with Crippen molar-refractivity contribution in [1.82, 2.24) is 15.1 Å². The average Bonchev–Trinajstić information content (AvgIpc) is 2.77. The molecule has 2 fully saturated rings. The number of nitrogens with zero attached hydrogens (tertiary/aromatic N) is 2. The summed E-state index contributed by atoms with van der Waals surface area (Å²) in [6.07, 6.45) is 0.755. The molecule has 1 aromatic carbocycles. The zero-order valence-electron chi connectivity index (χ0n) is 16.5. The van der Waals surface area contributed by atoms with Gasteiger partial charge in [-0.25, -0.2) is 0 Å². The maximum atomic E-state index is 12.7. The summed E-state index contributed by atoms with van der Waals surface area (Å²) in [5.41, 5.74) is 0.695. The van der Waals surface area contributed by atoms with Crippen molar-refractivity contribution in [3.8, 4) is 0 Å². The van der Waals surface area contributed by atoms with E-state index in [1.165, 1.54) is 0 Å². The van der Waals surface area contributed by atoms with E-state index in [1.54, 1.807) is 29.2 Å². The molecule has 2 heterocycles. The lowest BCUT2D eigenvalue weighted by Crippen LogP contribution is -2.41. The number of para-hydroxylation sites is 1. The van der Waals surface area contributed by atoms with E-state index in [1.807, 2.05) is 0 Å². The van der Waals surface area contributed by atoms with Gasteiger partial charge in [0.05, 0.1) is 37.7 Å². The SMILES string of the molecule is O=C(NCCCN1CCOCC1)C(=O)Nc1ccccc1C(=O)N1CCOCC1. The minimum atomic E-state index is -0.779. The molecule has 2 N–H and O–H groups in total. The Balaban J connectivity index is 1.48. The molecule has 0 atom stereocenters. The van der Waals surface area contributed by atoms with E-state index in [0.29, 0.717) is 44.1 Å². The summed E-state index contributed by atoms with van der Waals surface area (Å²) in [5, 5.41) is 5.20. The number of nitrogens with one attached hydrogen (secondary N) is 2. The van der Waals surface area contributed by atoms with Gasteiger partial charge in [-0.3, -0.25) is 19.3 Å². The Morgan fingerprint density at radius 3 is 2.28 bits per heavy atom. The van der Waals surface area contributed by atoms with E-state index in [0.717, 1.165) is 39.3 Å². The molecule has 3 amide bonds. The Morgan fingerprint density at radius 2 is 1.55 bits per heavy atom. The number of amides is 3. The summed E-state index contributed by atoms with van der Waals surface area (Å²) in [4.78, 5) is 41.1. The number of carbonyl (C=O) groups excluding carboxylic acids is 3. The highest BCUT2D eigenvalue weighted by Gasteiger charge is 2.23. The molecule has 3 rings (SSSR count). The Bertz CT molecular complexity index is 715. The van der Waals surface area contributed by atoms with E-state index >= 15 is 0 Å². The summed E-state index contributed by atoms with van der Waals surface area (Å²) >= 11 is 0. The van der Waals surface area contributed by atoms with Crippen molar-refractivity contribution in [3.05, 3.63) is 29.8 Å². The van der Waals surface area contributed by atoms with Gasteiger partial charge in [-0.15, -0.1) is 0 Å². The van der Waals surface area contributed by atoms with Gasteiger partial charge in [-0.05, 0) is 25.1 Å². The first kappa shape index (κ1) is 21.2. The van der Waals surface area contributed by atoms with E-state index in [4.69, 9.17) is 9.47 Å². The highest BCUT2D eigenvalue weighted by Crippen LogP contribution is 2.18. The molecule has 0 unspecified atom stereocenters. The van der Waals surface area contributed by atoms with Crippen LogP contribution in [0.25, 0.3) is 0 Å². The van der Waals surface area contributed by atoms with Crippen LogP contribution in [0, 0.1) is 0 Å². The molecule has 2 aliphatic rings. The molecule has 158 valence electrons. The number of anilines is 1. The smallest absolute Gasteiger partial charge is 0.313 e. The lowest BCUT2D eigenvalue weighted by atomic mass is 10.1. The third kappa shape index (κ3) is 6.25. The maximum Gasteiger partial charge on any atom is 0.313 e. The summed E-state index contributed by atoms with van der Waals surface area (Å²) in [5.74, 6) is -1.67. The number of ether oxygens (including phenoxy) is 2. The van der Waals surface area contributed by atoms with Crippen LogP contribution >= 0.6 is 0 Å². The molecular formula is C20H28N4O5. The first-order chi connectivity index (χ1) is 14.1. The fraction of sp³-hybridized carbons (Fsp3) is 0.550. The minimum absolute atomic E-state index is 0.185. The maximum absolute atomic E-state index is 12.7. The van der Waals surface area contributed by atoms with Gasteiger partial charge in [-0.2, -0.15) is 0 Å². The van der Waals surface area contributed by atoms with Gasteiger partial charge in [0.25, 0.3) is 5.91 Å². The van der Waals surface area contributed by atoms with Crippen LogP contribution in [0.15, 0.2) is 24.3 Å². The molecule has 1 aromatic rings. The zero-order chi connectivity index (χ0) is 20.5. The molecule has 0 aliphatic carbocycles. The van der Waals surface area contributed by atoms with Crippen LogP contribution in [0.5, 0.6) is 0 Å². The third-order valence-electron chi connectivity index (χ3n) is 4.95. The average molecular weight is 404 g/mol. The largest absolute Gasteiger partial charge is 0.379 e. The molecule has 0 radical (unpaired) electrons. The summed E-state index contributed by atoms with van der Waals surface area (Å²) in [7, 11) is 0. The quantitative estimate of drug-likeness (QED) is 0.509. The Labute approximate surface area is 170 Å². The van der Waals surface area contributed by atoms with Crippen molar-refractivity contribution < 1.29 is 23.9 Å². The van der Waals surface area contributed by atoms with Crippen molar-refractivity contribution in [2.24, 2.45) is 0 Å². The first-order valence-corrected chi connectivity index (χ1v) is 10.0. The summed E-state index contributed by atoms with van der Waals surface area (Å²) < 4.78 is 10.6. The lowest BCUT2D eigenvalue weighted by molar-refractivity contribution is -0.136. The highest BCUT2D eigenvalue weighted by atomic mass is 16.5. The predicted octanol–water partition coefficient (Wildman–Crippen LogP) is -0.0640. The van der Waals surface area contributed by atoms with Crippen LogP contribution in [-0.4, -0.2) is 93.2 Å². The van der Waals surface area contributed by atoms with Crippen LogP contribution in [0.2, 0.25) is 0 Å². The second-order valence-electron chi connectivity index (χ2n) is 6.97. The van der Waals surface area contributed by atoms with Gasteiger partial charge in [0.1, 0.15) is 0 Å². The van der Waals surface area contributed by atoms with Crippen LogP contribution in [-0.2, 0) is 19.1 Å². The van der Waals surface area contributed by atoms with Gasteiger partial charge in [0.15, 0.2) is 0 Å². The van der Waals surface area contributed by atoms with Gasteiger partial charge in [0, 0.05) is 32.7 Å². The molecule has 9 nitrogen and oxygen atoms in total. The van der Waals surface area contributed by atoms with Crippen LogP contribution in [0.4, 0.5) is 5.69 Å². The van der Waals surface area contributed by atoms with Crippen molar-refractivity contribution in [3.63, 3.8) is 0 Å². The monoisotopic (exact) mass is 404 g/mol.